The van der Waals surface area contributed by atoms with Crippen LogP contribution in [0.2, 0.25) is 0 Å². The number of amides is 1. The summed E-state index contributed by atoms with van der Waals surface area (Å²) < 4.78 is 10.6. The van der Waals surface area contributed by atoms with Crippen LogP contribution in [0.3, 0.4) is 0 Å². The van der Waals surface area contributed by atoms with Crippen LogP contribution in [0.5, 0.6) is 11.5 Å². The lowest BCUT2D eigenvalue weighted by Crippen LogP contribution is -2.20. The molecule has 2 N–H and O–H groups in total. The fraction of sp³-hybridized carbons (Fsp3) is 0.190. The number of nitrogens with zero attached hydrogens (tertiary/aromatic N) is 1. The van der Waals surface area contributed by atoms with E-state index in [2.05, 4.69) is 10.6 Å². The van der Waals surface area contributed by atoms with Gasteiger partial charge in [0.1, 0.15) is 29.7 Å². The maximum atomic E-state index is 12.2. The summed E-state index contributed by atoms with van der Waals surface area (Å²) in [5.74, 6) is 0.763. The van der Waals surface area contributed by atoms with Crippen molar-refractivity contribution in [1.82, 2.24) is 5.32 Å². The standard InChI is InChI=1S/C21H21N3O4/c1-15(25)16-4-3-5-18(12-16)24-21(26)17(13-22)14-23-10-11-28-20-8-6-19(27-2)7-9-20/h3-9,12,14,23H,10-11H2,1-2H3,(H,24,26)/b17-14-. The highest BCUT2D eigenvalue weighted by Crippen LogP contribution is 2.16. The Balaban J connectivity index is 1.83. The van der Waals surface area contributed by atoms with Gasteiger partial charge in [-0.1, -0.05) is 12.1 Å². The molecule has 0 aliphatic carbocycles. The van der Waals surface area contributed by atoms with Gasteiger partial charge in [0.05, 0.1) is 7.11 Å². The molecule has 0 saturated heterocycles. The Kier molecular flexibility index (Phi) is 7.61. The Morgan fingerprint density at radius 1 is 1.14 bits per heavy atom. The van der Waals surface area contributed by atoms with Gasteiger partial charge in [-0.15, -0.1) is 0 Å². The number of benzene rings is 2. The summed E-state index contributed by atoms with van der Waals surface area (Å²) >= 11 is 0. The van der Waals surface area contributed by atoms with Gasteiger partial charge < -0.3 is 20.1 Å². The van der Waals surface area contributed by atoms with E-state index in [1.165, 1.54) is 13.1 Å². The average Bonchev–Trinajstić information content (AvgIpc) is 2.71. The normalized spacial score (nSPS) is 10.5. The Bertz CT molecular complexity index is 899. The van der Waals surface area contributed by atoms with Gasteiger partial charge in [0, 0.05) is 24.0 Å². The van der Waals surface area contributed by atoms with Crippen molar-refractivity contribution in [3.8, 4) is 17.6 Å². The van der Waals surface area contributed by atoms with Crippen LogP contribution >= 0.6 is 0 Å². The molecule has 0 bridgehead atoms. The number of nitriles is 1. The first-order valence-electron chi connectivity index (χ1n) is 8.56. The number of carbonyl (C=O) groups is 2. The molecule has 0 aliphatic heterocycles. The highest BCUT2D eigenvalue weighted by molar-refractivity contribution is 6.07. The summed E-state index contributed by atoms with van der Waals surface area (Å²) in [6.07, 6.45) is 1.33. The van der Waals surface area contributed by atoms with E-state index in [0.717, 1.165) is 5.75 Å². The minimum absolute atomic E-state index is 0.0855. The van der Waals surface area contributed by atoms with E-state index in [4.69, 9.17) is 9.47 Å². The van der Waals surface area contributed by atoms with E-state index in [0.29, 0.717) is 30.2 Å². The highest BCUT2D eigenvalue weighted by Gasteiger charge is 2.10. The number of ketones is 1. The summed E-state index contributed by atoms with van der Waals surface area (Å²) in [7, 11) is 1.59. The van der Waals surface area contributed by atoms with Gasteiger partial charge in [-0.3, -0.25) is 9.59 Å². The van der Waals surface area contributed by atoms with Crippen LogP contribution in [0, 0.1) is 11.3 Å². The van der Waals surface area contributed by atoms with Crippen molar-refractivity contribution in [2.24, 2.45) is 0 Å². The summed E-state index contributed by atoms with van der Waals surface area (Å²) in [6, 6.07) is 15.5. The lowest BCUT2D eigenvalue weighted by atomic mass is 10.1. The minimum atomic E-state index is -0.563. The topological polar surface area (TPSA) is 100 Å². The summed E-state index contributed by atoms with van der Waals surface area (Å²) in [4.78, 5) is 23.6. The lowest BCUT2D eigenvalue weighted by Gasteiger charge is -2.08. The molecule has 2 aromatic rings. The van der Waals surface area contributed by atoms with E-state index in [9.17, 15) is 14.9 Å². The molecule has 0 radical (unpaired) electrons. The zero-order chi connectivity index (χ0) is 20.4. The number of hydrogen-bond acceptors (Lipinski definition) is 6. The summed E-state index contributed by atoms with van der Waals surface area (Å²) in [5.41, 5.74) is 0.841. The van der Waals surface area contributed by atoms with Crippen molar-refractivity contribution >= 4 is 17.4 Å². The molecule has 7 heteroatoms. The number of methoxy groups -OCH3 is 1. The summed E-state index contributed by atoms with van der Waals surface area (Å²) in [6.45, 7) is 2.20. The quantitative estimate of drug-likeness (QED) is 0.301. The maximum absolute atomic E-state index is 12.2. The van der Waals surface area contributed by atoms with Crippen LogP contribution < -0.4 is 20.1 Å². The second-order valence-corrected chi connectivity index (χ2v) is 5.74. The second-order valence-electron chi connectivity index (χ2n) is 5.74. The molecule has 0 spiro atoms. The first-order chi connectivity index (χ1) is 13.5. The third kappa shape index (κ3) is 6.18. The molecule has 1 amide bonds. The molecular formula is C21H21N3O4. The Morgan fingerprint density at radius 2 is 1.86 bits per heavy atom. The molecule has 144 valence electrons. The molecule has 0 atom stereocenters. The molecular weight excluding hydrogens is 358 g/mol. The third-order valence-corrected chi connectivity index (χ3v) is 3.71. The van der Waals surface area contributed by atoms with E-state index >= 15 is 0 Å². The van der Waals surface area contributed by atoms with Gasteiger partial charge in [0.2, 0.25) is 0 Å². The molecule has 7 nitrogen and oxygen atoms in total. The number of ether oxygens (including phenoxy) is 2. The molecule has 0 heterocycles. The maximum Gasteiger partial charge on any atom is 0.267 e. The Labute approximate surface area is 163 Å². The molecule has 0 aromatic heterocycles. The first-order valence-corrected chi connectivity index (χ1v) is 8.56. The molecule has 2 rings (SSSR count). The Morgan fingerprint density at radius 3 is 2.50 bits per heavy atom. The van der Waals surface area contributed by atoms with E-state index < -0.39 is 5.91 Å². The molecule has 28 heavy (non-hydrogen) atoms. The van der Waals surface area contributed by atoms with E-state index in [-0.39, 0.29) is 11.4 Å². The van der Waals surface area contributed by atoms with E-state index in [1.807, 2.05) is 6.07 Å². The predicted molar refractivity (Wildman–Crippen MR) is 105 cm³/mol. The molecule has 0 fully saturated rings. The van der Waals surface area contributed by atoms with Crippen molar-refractivity contribution in [3.05, 3.63) is 65.9 Å². The minimum Gasteiger partial charge on any atom is -0.497 e. The van der Waals surface area contributed by atoms with Crippen LogP contribution in [-0.2, 0) is 4.79 Å². The van der Waals surface area contributed by atoms with Crippen LogP contribution in [0.1, 0.15) is 17.3 Å². The zero-order valence-corrected chi connectivity index (χ0v) is 15.7. The predicted octanol–water partition coefficient (Wildman–Crippen LogP) is 2.91. The fourth-order valence-electron chi connectivity index (χ4n) is 2.24. The molecule has 0 aliphatic rings. The van der Waals surface area contributed by atoms with Gasteiger partial charge in [-0.05, 0) is 43.3 Å². The number of Topliss-reactive ketones (excluding diaryl/α,β-unsaturated/α-hetero) is 1. The molecule has 0 unspecified atom stereocenters. The SMILES string of the molecule is COc1ccc(OCCN/C=C(/C#N)C(=O)Nc2cccc(C(C)=O)c2)cc1. The van der Waals surface area contributed by atoms with Crippen molar-refractivity contribution in [1.29, 1.82) is 5.26 Å². The van der Waals surface area contributed by atoms with Crippen molar-refractivity contribution in [3.63, 3.8) is 0 Å². The second kappa shape index (κ2) is 10.4. The van der Waals surface area contributed by atoms with Gasteiger partial charge in [0.25, 0.3) is 5.91 Å². The van der Waals surface area contributed by atoms with Crippen LogP contribution in [-0.4, -0.2) is 32.0 Å². The third-order valence-electron chi connectivity index (χ3n) is 3.71. The van der Waals surface area contributed by atoms with Gasteiger partial charge >= 0.3 is 0 Å². The molecule has 0 saturated carbocycles. The number of hydrogen-bond donors (Lipinski definition) is 2. The van der Waals surface area contributed by atoms with Gasteiger partial charge in [-0.25, -0.2) is 0 Å². The monoisotopic (exact) mass is 379 g/mol. The van der Waals surface area contributed by atoms with Gasteiger partial charge in [0.15, 0.2) is 5.78 Å². The number of anilines is 1. The van der Waals surface area contributed by atoms with Crippen LogP contribution in [0.25, 0.3) is 0 Å². The van der Waals surface area contributed by atoms with Crippen molar-refractivity contribution in [2.45, 2.75) is 6.92 Å². The lowest BCUT2D eigenvalue weighted by molar-refractivity contribution is -0.112. The zero-order valence-electron chi connectivity index (χ0n) is 15.7. The molecule has 2 aromatic carbocycles. The number of nitrogens with one attached hydrogen (secondary N) is 2. The fourth-order valence-corrected chi connectivity index (χ4v) is 2.24. The number of rotatable bonds is 9. The highest BCUT2D eigenvalue weighted by atomic mass is 16.5. The largest absolute Gasteiger partial charge is 0.497 e. The Hall–Kier alpha value is -3.79. The van der Waals surface area contributed by atoms with E-state index in [1.54, 1.807) is 55.6 Å². The van der Waals surface area contributed by atoms with Crippen molar-refractivity contribution < 1.29 is 19.1 Å². The average molecular weight is 379 g/mol. The van der Waals surface area contributed by atoms with Gasteiger partial charge in [-0.2, -0.15) is 5.26 Å². The first kappa shape index (κ1) is 20.5. The van der Waals surface area contributed by atoms with Crippen LogP contribution in [0.4, 0.5) is 5.69 Å². The smallest absolute Gasteiger partial charge is 0.267 e. The summed E-state index contributed by atoms with van der Waals surface area (Å²) in [5, 5.41) is 14.7. The van der Waals surface area contributed by atoms with Crippen molar-refractivity contribution in [2.75, 3.05) is 25.6 Å². The van der Waals surface area contributed by atoms with Crippen LogP contribution in [0.15, 0.2) is 60.3 Å². The number of carbonyl (C=O) groups excluding carboxylic acids is 2.